The Hall–Kier alpha value is -2.10. The largest absolute Gasteiger partial charge is 0.417 e. The molecule has 2 aromatic rings. The molecule has 6 nitrogen and oxygen atoms in total. The van der Waals surface area contributed by atoms with E-state index in [4.69, 9.17) is 34.8 Å². The van der Waals surface area contributed by atoms with E-state index >= 15 is 0 Å². The summed E-state index contributed by atoms with van der Waals surface area (Å²) in [6.45, 7) is 0. The van der Waals surface area contributed by atoms with E-state index in [0.29, 0.717) is 12.3 Å². The Morgan fingerprint density at radius 2 is 1.81 bits per heavy atom. The van der Waals surface area contributed by atoms with Gasteiger partial charge < -0.3 is 0 Å². The predicted molar refractivity (Wildman–Crippen MR) is 87.6 cm³/mol. The fraction of sp³-hybridized carbons (Fsp3) is 0.143. The summed E-state index contributed by atoms with van der Waals surface area (Å²) in [5, 5.41) is 8.02. The lowest BCUT2D eigenvalue weighted by Gasteiger charge is -2.22. The second-order valence-corrected chi connectivity index (χ2v) is 6.27. The Kier molecular flexibility index (Phi) is 4.96. The molecular weight excluding hydrogens is 418 g/mol. The topological polar surface area (TPSA) is 70.0 Å². The van der Waals surface area contributed by atoms with Gasteiger partial charge in [0.25, 0.3) is 5.91 Å². The van der Waals surface area contributed by atoms with E-state index in [1.54, 1.807) is 6.07 Å². The molecule has 0 bridgehead atoms. The molecule has 1 aromatic carbocycles. The quantitative estimate of drug-likeness (QED) is 0.730. The zero-order valence-corrected chi connectivity index (χ0v) is 14.7. The lowest BCUT2D eigenvalue weighted by molar-refractivity contribution is -0.137. The minimum atomic E-state index is -4.61. The molecule has 136 valence electrons. The molecule has 0 saturated carbocycles. The van der Waals surface area contributed by atoms with Crippen LogP contribution in [0.15, 0.2) is 40.8 Å². The summed E-state index contributed by atoms with van der Waals surface area (Å²) in [6, 6.07) is 5.18. The number of carbonyl (C=O) groups is 1. The number of hydrogen-bond acceptors (Lipinski definition) is 5. The van der Waals surface area contributed by atoms with Crippen molar-refractivity contribution < 1.29 is 18.0 Å². The number of pyridine rings is 1. The first-order valence-corrected chi connectivity index (χ1v) is 7.99. The van der Waals surface area contributed by atoms with Crippen LogP contribution in [0, 0.1) is 0 Å². The van der Waals surface area contributed by atoms with Crippen LogP contribution in [0.2, 0.25) is 15.1 Å². The minimum Gasteiger partial charge on any atom is -0.267 e. The summed E-state index contributed by atoms with van der Waals surface area (Å²) < 4.78 is 38.2. The van der Waals surface area contributed by atoms with Crippen LogP contribution in [-0.4, -0.2) is 15.9 Å². The van der Waals surface area contributed by atoms with E-state index in [1.165, 1.54) is 12.1 Å². The maximum atomic E-state index is 12.7. The molecule has 1 atom stereocenters. The van der Waals surface area contributed by atoms with Crippen LogP contribution in [0.25, 0.3) is 0 Å². The van der Waals surface area contributed by atoms with Gasteiger partial charge in [-0.15, -0.1) is 5.11 Å². The Morgan fingerprint density at radius 3 is 2.38 bits per heavy atom. The van der Waals surface area contributed by atoms with E-state index < -0.39 is 23.8 Å². The smallest absolute Gasteiger partial charge is 0.267 e. The number of aromatic nitrogens is 1. The third kappa shape index (κ3) is 3.42. The van der Waals surface area contributed by atoms with E-state index in [0.717, 1.165) is 5.01 Å². The van der Waals surface area contributed by atoms with E-state index in [-0.39, 0.29) is 26.3 Å². The maximum absolute atomic E-state index is 12.7. The van der Waals surface area contributed by atoms with E-state index in [2.05, 4.69) is 20.9 Å². The molecule has 0 unspecified atom stereocenters. The number of rotatable bonds is 2. The number of amides is 1. The van der Waals surface area contributed by atoms with Crippen molar-refractivity contribution in [2.75, 3.05) is 0 Å². The molecule has 0 aliphatic carbocycles. The molecular formula is C14H7Cl3F3N5O. The summed E-state index contributed by atoms with van der Waals surface area (Å²) in [5.41, 5.74) is 1.19. The van der Waals surface area contributed by atoms with Crippen LogP contribution in [0.4, 0.5) is 13.2 Å². The van der Waals surface area contributed by atoms with E-state index in [1.807, 2.05) is 0 Å². The molecule has 1 aromatic heterocycles. The van der Waals surface area contributed by atoms with Gasteiger partial charge in [-0.05, 0) is 18.2 Å². The van der Waals surface area contributed by atoms with Crippen molar-refractivity contribution in [1.82, 2.24) is 15.5 Å². The van der Waals surface area contributed by atoms with Gasteiger partial charge in [-0.3, -0.25) is 9.78 Å². The number of nitrogens with one attached hydrogen (secondary N) is 1. The van der Waals surface area contributed by atoms with Crippen molar-refractivity contribution in [2.24, 2.45) is 10.3 Å². The Labute approximate surface area is 159 Å². The Bertz CT molecular complexity index is 886. The number of hydrogen-bond donors (Lipinski definition) is 1. The number of alkyl halides is 3. The number of benzene rings is 1. The van der Waals surface area contributed by atoms with Crippen LogP contribution < -0.4 is 5.53 Å². The van der Waals surface area contributed by atoms with Crippen LogP contribution in [0.3, 0.4) is 0 Å². The first kappa shape index (κ1) is 18.7. The molecule has 0 spiro atoms. The fourth-order valence-corrected chi connectivity index (χ4v) is 3.01. The molecule has 12 heteroatoms. The van der Waals surface area contributed by atoms with Crippen molar-refractivity contribution in [3.8, 4) is 0 Å². The summed E-state index contributed by atoms with van der Waals surface area (Å²) in [5.74, 6) is -0.701. The summed E-state index contributed by atoms with van der Waals surface area (Å²) in [7, 11) is 0. The van der Waals surface area contributed by atoms with Crippen molar-refractivity contribution in [3.63, 3.8) is 0 Å². The molecule has 26 heavy (non-hydrogen) atoms. The van der Waals surface area contributed by atoms with Gasteiger partial charge in [0.05, 0.1) is 26.2 Å². The average Bonchev–Trinajstić information content (AvgIpc) is 3.03. The second-order valence-electron chi connectivity index (χ2n) is 5.05. The van der Waals surface area contributed by atoms with Gasteiger partial charge in [0.1, 0.15) is 5.69 Å². The van der Waals surface area contributed by atoms with Gasteiger partial charge >= 0.3 is 6.18 Å². The Balaban J connectivity index is 1.96. The van der Waals surface area contributed by atoms with Crippen LogP contribution >= 0.6 is 34.8 Å². The van der Waals surface area contributed by atoms with Gasteiger partial charge in [0.15, 0.2) is 0 Å². The van der Waals surface area contributed by atoms with Crippen LogP contribution in [0.5, 0.6) is 0 Å². The number of nitrogens with zero attached hydrogens (tertiary/aromatic N) is 4. The molecule has 1 aliphatic rings. The highest BCUT2D eigenvalue weighted by Gasteiger charge is 2.37. The summed E-state index contributed by atoms with van der Waals surface area (Å²) in [4.78, 5) is 16.4. The lowest BCUT2D eigenvalue weighted by Crippen LogP contribution is -2.39. The summed E-state index contributed by atoms with van der Waals surface area (Å²) >= 11 is 17.9. The van der Waals surface area contributed by atoms with Gasteiger partial charge in [-0.2, -0.15) is 18.7 Å². The molecule has 3 rings (SSSR count). The molecule has 0 radical (unpaired) electrons. The third-order valence-corrected chi connectivity index (χ3v) is 4.33. The SMILES string of the molecule is O=C(c1c(Cl)cccc1Cl)N1NN=N[C@@H]1c1ncc(C(F)(F)F)cc1Cl. The predicted octanol–water partition coefficient (Wildman–Crippen LogP) is 5.09. The number of hydrazine groups is 1. The second kappa shape index (κ2) is 6.90. The highest BCUT2D eigenvalue weighted by Crippen LogP contribution is 2.36. The van der Waals surface area contributed by atoms with Gasteiger partial charge in [0, 0.05) is 6.20 Å². The van der Waals surface area contributed by atoms with Crippen molar-refractivity contribution in [3.05, 3.63) is 62.4 Å². The standard InChI is InChI=1S/C14H7Cl3F3N5O/c15-7-2-1-3-8(16)10(7)13(26)25-12(22-23-24-25)11-9(17)4-6(5-21-11)14(18,19)20/h1-5,12H,(H,22,24)/t12-/m0/s1. The van der Waals surface area contributed by atoms with Gasteiger partial charge in [0.2, 0.25) is 6.17 Å². The third-order valence-electron chi connectivity index (χ3n) is 3.40. The molecule has 1 N–H and O–H groups in total. The first-order valence-electron chi connectivity index (χ1n) is 6.86. The normalized spacial score (nSPS) is 16.7. The first-order chi connectivity index (χ1) is 12.2. The van der Waals surface area contributed by atoms with E-state index in [9.17, 15) is 18.0 Å². The van der Waals surface area contributed by atoms with Crippen molar-refractivity contribution in [2.45, 2.75) is 12.3 Å². The fourth-order valence-electron chi connectivity index (χ4n) is 2.18. The highest BCUT2D eigenvalue weighted by atomic mass is 35.5. The molecule has 2 heterocycles. The Morgan fingerprint density at radius 1 is 1.15 bits per heavy atom. The van der Waals surface area contributed by atoms with Gasteiger partial charge in [-0.1, -0.05) is 46.1 Å². The average molecular weight is 425 g/mol. The zero-order chi connectivity index (χ0) is 19.1. The van der Waals surface area contributed by atoms with Crippen LogP contribution in [-0.2, 0) is 6.18 Å². The highest BCUT2D eigenvalue weighted by molar-refractivity contribution is 6.39. The van der Waals surface area contributed by atoms with Crippen molar-refractivity contribution in [1.29, 1.82) is 0 Å². The van der Waals surface area contributed by atoms with Gasteiger partial charge in [-0.25, -0.2) is 5.01 Å². The maximum Gasteiger partial charge on any atom is 0.417 e. The molecule has 1 amide bonds. The minimum absolute atomic E-state index is 0.0244. The zero-order valence-electron chi connectivity index (χ0n) is 12.4. The lowest BCUT2D eigenvalue weighted by atomic mass is 10.1. The van der Waals surface area contributed by atoms with Crippen molar-refractivity contribution >= 4 is 40.7 Å². The number of carbonyl (C=O) groups excluding carboxylic acids is 1. The molecule has 0 fully saturated rings. The number of halogens is 6. The van der Waals surface area contributed by atoms with Crippen LogP contribution in [0.1, 0.15) is 27.8 Å². The molecule has 0 saturated heterocycles. The molecule has 1 aliphatic heterocycles. The monoisotopic (exact) mass is 423 g/mol. The summed E-state index contributed by atoms with van der Waals surface area (Å²) in [6.07, 6.45) is -5.20.